The second-order valence-electron chi connectivity index (χ2n) is 6.45. The summed E-state index contributed by atoms with van der Waals surface area (Å²) in [7, 11) is 1.67. The summed E-state index contributed by atoms with van der Waals surface area (Å²) in [4.78, 5) is 9.36. The van der Waals surface area contributed by atoms with Gasteiger partial charge in [0.2, 0.25) is 0 Å². The molecule has 24 heavy (non-hydrogen) atoms. The van der Waals surface area contributed by atoms with E-state index in [0.29, 0.717) is 6.04 Å². The molecule has 2 aromatic rings. The van der Waals surface area contributed by atoms with Gasteiger partial charge >= 0.3 is 0 Å². The Morgan fingerprint density at radius 2 is 2.12 bits per heavy atom. The Kier molecular flexibility index (Phi) is 3.98. The Morgan fingerprint density at radius 3 is 2.92 bits per heavy atom. The lowest BCUT2D eigenvalue weighted by Gasteiger charge is -2.22. The smallest absolute Gasteiger partial charge is 0.136 e. The van der Waals surface area contributed by atoms with Crippen molar-refractivity contribution >= 4 is 5.84 Å². The number of fused-ring (bicyclic) bond motifs is 1. The van der Waals surface area contributed by atoms with Crippen LogP contribution in [0, 0.1) is 0 Å². The summed E-state index contributed by atoms with van der Waals surface area (Å²) in [5.41, 5.74) is 5.44. The molecule has 1 saturated carbocycles. The number of benzene rings is 1. The lowest BCUT2D eigenvalue weighted by Crippen LogP contribution is -2.24. The van der Waals surface area contributed by atoms with E-state index < -0.39 is 0 Å². The van der Waals surface area contributed by atoms with E-state index in [2.05, 4.69) is 10.4 Å². The quantitative estimate of drug-likeness (QED) is 0.908. The number of hydrogen-bond donors (Lipinski definition) is 2. The summed E-state index contributed by atoms with van der Waals surface area (Å²) < 4.78 is 7.31. The highest BCUT2D eigenvalue weighted by Gasteiger charge is 2.24. The molecule has 4 rings (SSSR count). The van der Waals surface area contributed by atoms with Gasteiger partial charge in [0, 0.05) is 5.56 Å². The number of rotatable bonds is 3. The number of ether oxygens (including phenoxy) is 1. The van der Waals surface area contributed by atoms with Crippen molar-refractivity contribution in [3.05, 3.63) is 36.3 Å². The Morgan fingerprint density at radius 1 is 1.29 bits per heavy atom. The average molecular weight is 326 g/mol. The Labute approximate surface area is 141 Å². The molecule has 0 unspecified atom stereocenters. The predicted octanol–water partition coefficient (Wildman–Crippen LogP) is 2.36. The molecule has 0 radical (unpaired) electrons. The maximum absolute atomic E-state index is 9.61. The molecule has 2 N–H and O–H groups in total. The molecule has 6 nitrogen and oxygen atoms in total. The van der Waals surface area contributed by atoms with Gasteiger partial charge in [-0.3, -0.25) is 10.4 Å². The second-order valence-corrected chi connectivity index (χ2v) is 6.45. The zero-order valence-corrected chi connectivity index (χ0v) is 13.8. The van der Waals surface area contributed by atoms with Crippen LogP contribution in [0.1, 0.15) is 31.5 Å². The van der Waals surface area contributed by atoms with Crippen molar-refractivity contribution in [3.63, 3.8) is 0 Å². The molecule has 1 aromatic heterocycles. The largest absolute Gasteiger partial charge is 0.497 e. The van der Waals surface area contributed by atoms with E-state index >= 15 is 0 Å². The van der Waals surface area contributed by atoms with E-state index in [1.54, 1.807) is 7.11 Å². The SMILES string of the molecule is COc1cccc(-c2cnc3n2NC(=NC2CCC(O)CC2)C3)c1. The van der Waals surface area contributed by atoms with Crippen LogP contribution in [0.5, 0.6) is 5.75 Å². The van der Waals surface area contributed by atoms with E-state index in [1.165, 1.54) is 0 Å². The summed E-state index contributed by atoms with van der Waals surface area (Å²) in [5, 5.41) is 9.61. The minimum Gasteiger partial charge on any atom is -0.497 e. The van der Waals surface area contributed by atoms with Crippen LogP contribution >= 0.6 is 0 Å². The number of aliphatic hydroxyl groups excluding tert-OH is 1. The molecule has 1 aromatic carbocycles. The van der Waals surface area contributed by atoms with Crippen LogP contribution in [0.15, 0.2) is 35.5 Å². The average Bonchev–Trinajstić information content (AvgIpc) is 3.17. The van der Waals surface area contributed by atoms with E-state index in [0.717, 1.165) is 60.8 Å². The maximum atomic E-state index is 9.61. The van der Waals surface area contributed by atoms with Gasteiger partial charge in [0.05, 0.1) is 37.6 Å². The third-order valence-electron chi connectivity index (χ3n) is 4.77. The van der Waals surface area contributed by atoms with Gasteiger partial charge in [-0.2, -0.15) is 0 Å². The molecule has 0 atom stereocenters. The highest BCUT2D eigenvalue weighted by atomic mass is 16.5. The normalized spacial score (nSPS) is 24.7. The van der Waals surface area contributed by atoms with Crippen LogP contribution in [0.2, 0.25) is 0 Å². The molecule has 2 heterocycles. The van der Waals surface area contributed by atoms with Crippen LogP contribution in [0.25, 0.3) is 11.3 Å². The number of aromatic nitrogens is 2. The summed E-state index contributed by atoms with van der Waals surface area (Å²) in [5.74, 6) is 2.77. The molecule has 0 amide bonds. The third-order valence-corrected chi connectivity index (χ3v) is 4.77. The lowest BCUT2D eigenvalue weighted by molar-refractivity contribution is 0.123. The molecule has 0 bridgehead atoms. The van der Waals surface area contributed by atoms with Crippen LogP contribution in [0.4, 0.5) is 0 Å². The van der Waals surface area contributed by atoms with Crippen LogP contribution in [0.3, 0.4) is 0 Å². The van der Waals surface area contributed by atoms with Crippen molar-refractivity contribution in [1.82, 2.24) is 9.66 Å². The molecule has 1 fully saturated rings. The number of imidazole rings is 1. The number of aliphatic imine (C=N–C) groups is 1. The molecule has 1 aliphatic heterocycles. The van der Waals surface area contributed by atoms with Crippen LogP contribution < -0.4 is 10.2 Å². The minimum atomic E-state index is -0.145. The fraction of sp³-hybridized carbons (Fsp3) is 0.444. The van der Waals surface area contributed by atoms with Crippen molar-refractivity contribution in [1.29, 1.82) is 0 Å². The standard InChI is InChI=1S/C18H22N4O2/c1-24-15-4-2-3-12(9-15)16-11-19-18-10-17(21-22(16)18)20-13-5-7-14(23)8-6-13/h2-4,9,11,13-14,23H,5-8,10H2,1H3,(H,20,21). The van der Waals surface area contributed by atoms with E-state index in [9.17, 15) is 5.11 Å². The van der Waals surface area contributed by atoms with Crippen molar-refractivity contribution < 1.29 is 9.84 Å². The van der Waals surface area contributed by atoms with Gasteiger partial charge in [0.25, 0.3) is 0 Å². The van der Waals surface area contributed by atoms with Gasteiger partial charge in [0.1, 0.15) is 17.4 Å². The monoisotopic (exact) mass is 326 g/mol. The number of amidine groups is 1. The van der Waals surface area contributed by atoms with Crippen LogP contribution in [-0.4, -0.2) is 39.9 Å². The van der Waals surface area contributed by atoms with Crippen molar-refractivity contribution in [2.75, 3.05) is 12.5 Å². The van der Waals surface area contributed by atoms with Crippen LogP contribution in [-0.2, 0) is 6.42 Å². The van der Waals surface area contributed by atoms with Crippen molar-refractivity contribution in [2.24, 2.45) is 4.99 Å². The summed E-state index contributed by atoms with van der Waals surface area (Å²) >= 11 is 0. The minimum absolute atomic E-state index is 0.145. The van der Waals surface area contributed by atoms with Gasteiger partial charge in [-0.15, -0.1) is 0 Å². The first-order valence-corrected chi connectivity index (χ1v) is 8.46. The fourth-order valence-electron chi connectivity index (χ4n) is 3.43. The lowest BCUT2D eigenvalue weighted by atomic mass is 9.93. The van der Waals surface area contributed by atoms with Gasteiger partial charge in [-0.25, -0.2) is 9.66 Å². The number of nitrogens with one attached hydrogen (secondary N) is 1. The zero-order valence-electron chi connectivity index (χ0n) is 13.8. The van der Waals surface area contributed by atoms with E-state index in [1.807, 2.05) is 35.1 Å². The maximum Gasteiger partial charge on any atom is 0.136 e. The molecular weight excluding hydrogens is 304 g/mol. The number of hydrogen-bond acceptors (Lipinski definition) is 4. The zero-order chi connectivity index (χ0) is 16.5. The molecule has 6 heteroatoms. The highest BCUT2D eigenvalue weighted by molar-refractivity contribution is 5.94. The fourth-order valence-corrected chi connectivity index (χ4v) is 3.43. The Bertz CT molecular complexity index is 760. The first kappa shape index (κ1) is 15.2. The predicted molar refractivity (Wildman–Crippen MR) is 93.0 cm³/mol. The third kappa shape index (κ3) is 2.89. The first-order valence-electron chi connectivity index (χ1n) is 8.46. The van der Waals surface area contributed by atoms with Gasteiger partial charge in [0.15, 0.2) is 0 Å². The van der Waals surface area contributed by atoms with E-state index in [-0.39, 0.29) is 6.10 Å². The summed E-state index contributed by atoms with van der Waals surface area (Å²) in [6, 6.07) is 8.27. The van der Waals surface area contributed by atoms with Gasteiger partial charge in [-0.05, 0) is 37.8 Å². The molecule has 0 saturated heterocycles. The van der Waals surface area contributed by atoms with Crippen molar-refractivity contribution in [2.45, 2.75) is 44.2 Å². The molecule has 1 aliphatic carbocycles. The Hall–Kier alpha value is -2.34. The first-order chi connectivity index (χ1) is 11.7. The number of nitrogens with zero attached hydrogens (tertiary/aromatic N) is 3. The highest BCUT2D eigenvalue weighted by Crippen LogP contribution is 2.27. The van der Waals surface area contributed by atoms with Gasteiger partial charge < -0.3 is 9.84 Å². The number of aliphatic hydroxyl groups is 1. The topological polar surface area (TPSA) is 71.7 Å². The second kappa shape index (κ2) is 6.28. The van der Waals surface area contributed by atoms with Crippen molar-refractivity contribution in [3.8, 4) is 17.0 Å². The summed E-state index contributed by atoms with van der Waals surface area (Å²) in [6.07, 6.45) is 6.07. The van der Waals surface area contributed by atoms with Gasteiger partial charge in [-0.1, -0.05) is 12.1 Å². The molecule has 126 valence electrons. The molecular formula is C18H22N4O2. The Balaban J connectivity index is 1.54. The summed E-state index contributed by atoms with van der Waals surface area (Å²) in [6.45, 7) is 0. The molecule has 2 aliphatic rings. The van der Waals surface area contributed by atoms with E-state index in [4.69, 9.17) is 9.73 Å². The molecule has 0 spiro atoms. The number of methoxy groups -OCH3 is 1.